The monoisotopic (exact) mass is 448 g/mol. The molecule has 0 aliphatic heterocycles. The fourth-order valence-electron chi connectivity index (χ4n) is 5.41. The smallest absolute Gasteiger partial charge is 0.168 e. The van der Waals surface area contributed by atoms with Crippen LogP contribution in [-0.2, 0) is 0 Å². The van der Waals surface area contributed by atoms with Crippen molar-refractivity contribution in [3.63, 3.8) is 0 Å². The Morgan fingerprint density at radius 1 is 0.353 bits per heavy atom. The first kappa shape index (κ1) is 20.4. The van der Waals surface area contributed by atoms with Crippen molar-refractivity contribution >= 4 is 53.9 Å². The first-order valence-electron chi connectivity index (χ1n) is 11.2. The van der Waals surface area contributed by atoms with E-state index in [4.69, 9.17) is 18.9 Å². The molecule has 0 bridgehead atoms. The average molecular weight is 449 g/mol. The lowest BCUT2D eigenvalue weighted by Gasteiger charge is -2.18. The Morgan fingerprint density at radius 2 is 0.676 bits per heavy atom. The van der Waals surface area contributed by atoms with Crippen LogP contribution in [0.25, 0.3) is 53.9 Å². The van der Waals surface area contributed by atoms with Crippen molar-refractivity contribution in [1.82, 2.24) is 0 Å². The average Bonchev–Trinajstić information content (AvgIpc) is 2.90. The molecule has 0 atom stereocenters. The summed E-state index contributed by atoms with van der Waals surface area (Å²) in [4.78, 5) is 0. The number of hydrogen-bond acceptors (Lipinski definition) is 4. The van der Waals surface area contributed by atoms with Crippen molar-refractivity contribution < 1.29 is 18.9 Å². The first-order chi connectivity index (χ1) is 16.7. The zero-order chi connectivity index (χ0) is 23.4. The van der Waals surface area contributed by atoms with Gasteiger partial charge in [-0.1, -0.05) is 36.4 Å². The molecule has 0 fully saturated rings. The molecule has 0 aliphatic rings. The van der Waals surface area contributed by atoms with Gasteiger partial charge in [0.05, 0.1) is 28.4 Å². The molecule has 0 amide bonds. The summed E-state index contributed by atoms with van der Waals surface area (Å²) in [5.74, 6) is 2.96. The summed E-state index contributed by atoms with van der Waals surface area (Å²) in [6.07, 6.45) is 0. The van der Waals surface area contributed by atoms with E-state index in [-0.39, 0.29) is 0 Å². The van der Waals surface area contributed by atoms with E-state index in [1.165, 1.54) is 32.3 Å². The quantitative estimate of drug-likeness (QED) is 0.262. The van der Waals surface area contributed by atoms with E-state index in [0.29, 0.717) is 0 Å². The second kappa shape index (κ2) is 7.70. The maximum Gasteiger partial charge on any atom is 0.168 e. The predicted molar refractivity (Wildman–Crippen MR) is 140 cm³/mol. The fourth-order valence-corrected chi connectivity index (χ4v) is 5.41. The second-order valence-corrected chi connectivity index (χ2v) is 8.31. The lowest BCUT2D eigenvalue weighted by Crippen LogP contribution is -1.94. The summed E-state index contributed by atoms with van der Waals surface area (Å²) in [6.45, 7) is 0. The first-order valence-corrected chi connectivity index (χ1v) is 11.2. The number of ether oxygens (including phenoxy) is 4. The molecule has 6 aromatic rings. The zero-order valence-electron chi connectivity index (χ0n) is 19.6. The molecule has 0 N–H and O–H groups in total. The maximum atomic E-state index is 5.75. The molecule has 0 spiro atoms. The van der Waals surface area contributed by atoms with Crippen molar-refractivity contribution in [2.45, 2.75) is 0 Å². The molecular formula is C30H24O4. The minimum Gasteiger partial charge on any atom is -0.493 e. The second-order valence-electron chi connectivity index (χ2n) is 8.31. The molecular weight excluding hydrogens is 424 g/mol. The molecule has 0 unspecified atom stereocenters. The van der Waals surface area contributed by atoms with Gasteiger partial charge in [0.15, 0.2) is 23.0 Å². The summed E-state index contributed by atoms with van der Waals surface area (Å²) in [5.41, 5.74) is 0. The highest BCUT2D eigenvalue weighted by Crippen LogP contribution is 2.46. The van der Waals surface area contributed by atoms with Gasteiger partial charge >= 0.3 is 0 Å². The van der Waals surface area contributed by atoms with Crippen LogP contribution < -0.4 is 18.9 Å². The molecule has 4 nitrogen and oxygen atoms in total. The van der Waals surface area contributed by atoms with Crippen LogP contribution in [0.3, 0.4) is 0 Å². The number of fused-ring (bicyclic) bond motifs is 10. The Kier molecular flexibility index (Phi) is 4.63. The van der Waals surface area contributed by atoms with E-state index < -0.39 is 0 Å². The number of hydrogen-bond donors (Lipinski definition) is 0. The highest BCUT2D eigenvalue weighted by Gasteiger charge is 2.18. The third-order valence-electron chi connectivity index (χ3n) is 6.83. The van der Waals surface area contributed by atoms with Gasteiger partial charge < -0.3 is 18.9 Å². The Bertz CT molecular complexity index is 1600. The summed E-state index contributed by atoms with van der Waals surface area (Å²) in [5, 5.41) is 11.6. The molecule has 0 saturated heterocycles. The molecule has 6 aromatic carbocycles. The molecule has 0 radical (unpaired) electrons. The summed E-state index contributed by atoms with van der Waals surface area (Å²) >= 11 is 0. The topological polar surface area (TPSA) is 36.9 Å². The summed E-state index contributed by atoms with van der Waals surface area (Å²) in [7, 11) is 6.71. The molecule has 0 aliphatic carbocycles. The summed E-state index contributed by atoms with van der Waals surface area (Å²) in [6, 6.07) is 25.5. The third-order valence-corrected chi connectivity index (χ3v) is 6.83. The Morgan fingerprint density at radius 3 is 1.06 bits per heavy atom. The minimum absolute atomic E-state index is 0.728. The van der Waals surface area contributed by atoms with Crippen LogP contribution in [0.2, 0.25) is 0 Å². The van der Waals surface area contributed by atoms with Gasteiger partial charge in [0.25, 0.3) is 0 Å². The van der Waals surface area contributed by atoms with Crippen LogP contribution in [0.1, 0.15) is 0 Å². The van der Waals surface area contributed by atoms with Gasteiger partial charge in [-0.15, -0.1) is 0 Å². The van der Waals surface area contributed by atoms with Crippen LogP contribution in [0.4, 0.5) is 0 Å². The molecule has 4 heteroatoms. The molecule has 0 heterocycles. The van der Waals surface area contributed by atoms with E-state index in [1.54, 1.807) is 28.4 Å². The fraction of sp³-hybridized carbons (Fsp3) is 0.133. The Hall–Kier alpha value is -4.18. The molecule has 168 valence electrons. The van der Waals surface area contributed by atoms with E-state index in [0.717, 1.165) is 44.5 Å². The van der Waals surface area contributed by atoms with Gasteiger partial charge in [-0.05, 0) is 79.5 Å². The lowest BCUT2D eigenvalue weighted by molar-refractivity contribution is 0.358. The number of methoxy groups -OCH3 is 4. The third kappa shape index (κ3) is 2.65. The van der Waals surface area contributed by atoms with Crippen LogP contribution in [0.5, 0.6) is 23.0 Å². The molecule has 34 heavy (non-hydrogen) atoms. The van der Waals surface area contributed by atoms with Crippen molar-refractivity contribution in [3.05, 3.63) is 72.8 Å². The van der Waals surface area contributed by atoms with E-state index in [2.05, 4.69) is 60.7 Å². The van der Waals surface area contributed by atoms with Crippen molar-refractivity contribution in [2.75, 3.05) is 28.4 Å². The lowest BCUT2D eigenvalue weighted by atomic mass is 9.88. The van der Waals surface area contributed by atoms with Gasteiger partial charge in [-0.3, -0.25) is 0 Å². The highest BCUT2D eigenvalue weighted by molar-refractivity contribution is 6.36. The van der Waals surface area contributed by atoms with Crippen LogP contribution in [-0.4, -0.2) is 28.4 Å². The van der Waals surface area contributed by atoms with Crippen LogP contribution >= 0.6 is 0 Å². The van der Waals surface area contributed by atoms with Gasteiger partial charge in [-0.25, -0.2) is 0 Å². The van der Waals surface area contributed by atoms with Gasteiger partial charge in [0.1, 0.15) is 0 Å². The largest absolute Gasteiger partial charge is 0.493 e. The molecule has 0 aromatic heterocycles. The minimum atomic E-state index is 0.728. The molecule has 0 saturated carbocycles. The number of rotatable bonds is 4. The van der Waals surface area contributed by atoms with Crippen LogP contribution in [0.15, 0.2) is 72.8 Å². The van der Waals surface area contributed by atoms with Crippen molar-refractivity contribution in [1.29, 1.82) is 0 Å². The van der Waals surface area contributed by atoms with E-state index >= 15 is 0 Å². The zero-order valence-corrected chi connectivity index (χ0v) is 19.6. The van der Waals surface area contributed by atoms with E-state index in [9.17, 15) is 0 Å². The maximum absolute atomic E-state index is 5.75. The van der Waals surface area contributed by atoms with Gasteiger partial charge in [0.2, 0.25) is 0 Å². The van der Waals surface area contributed by atoms with Crippen molar-refractivity contribution in [2.24, 2.45) is 0 Å². The standard InChI is InChI=1S/C30H24O4/c1-31-25-15-13-21-23(29(25)33-3)11-9-19-20-10-12-24-22(14-16-26(32-2)30(24)34-4)28(20)18-8-6-5-7-17(18)27(19)21/h5-16H,1-4H3. The van der Waals surface area contributed by atoms with Crippen LogP contribution in [0, 0.1) is 0 Å². The van der Waals surface area contributed by atoms with E-state index in [1.807, 2.05) is 12.1 Å². The summed E-state index contributed by atoms with van der Waals surface area (Å²) < 4.78 is 22.6. The Balaban J connectivity index is 1.88. The normalized spacial score (nSPS) is 11.5. The Labute approximate surface area is 197 Å². The molecule has 6 rings (SSSR count). The van der Waals surface area contributed by atoms with Gasteiger partial charge in [0, 0.05) is 10.8 Å². The van der Waals surface area contributed by atoms with Crippen molar-refractivity contribution in [3.8, 4) is 23.0 Å². The number of benzene rings is 6. The predicted octanol–water partition coefficient (Wildman–Crippen LogP) is 7.49. The highest BCUT2D eigenvalue weighted by atomic mass is 16.5. The SMILES string of the molecule is COc1ccc2c(ccc3c4ccc5c(OC)c(OC)ccc5c4c4ccccc4c23)c1OC. The van der Waals surface area contributed by atoms with Gasteiger partial charge in [-0.2, -0.15) is 0 Å².